The van der Waals surface area contributed by atoms with Crippen molar-refractivity contribution >= 4 is 11.8 Å². The van der Waals surface area contributed by atoms with Crippen molar-refractivity contribution in [3.05, 3.63) is 0 Å². The van der Waals surface area contributed by atoms with Crippen molar-refractivity contribution < 1.29 is 14.3 Å². The number of methoxy groups -OCH3 is 1. The predicted molar refractivity (Wildman–Crippen MR) is 73.7 cm³/mol. The fourth-order valence-electron chi connectivity index (χ4n) is 2.25. The summed E-state index contributed by atoms with van der Waals surface area (Å²) >= 11 is 0. The number of ether oxygens (including phenoxy) is 1. The molecule has 1 saturated heterocycles. The molecule has 1 unspecified atom stereocenters. The van der Waals surface area contributed by atoms with E-state index >= 15 is 0 Å². The van der Waals surface area contributed by atoms with Crippen LogP contribution in [0.15, 0.2) is 0 Å². The minimum Gasteiger partial charge on any atom is -0.372 e. The van der Waals surface area contributed by atoms with Crippen LogP contribution in [0.4, 0.5) is 0 Å². The topological polar surface area (TPSA) is 58.6 Å². The SMILES string of the molecule is CCCCNC(=O)C1CCN(C(=O)C(C)OC)CC1. The van der Waals surface area contributed by atoms with E-state index in [1.165, 1.54) is 7.11 Å². The van der Waals surface area contributed by atoms with Crippen molar-refractivity contribution in [3.8, 4) is 0 Å². The van der Waals surface area contributed by atoms with Crippen LogP contribution in [0, 0.1) is 5.92 Å². The molecule has 0 aliphatic carbocycles. The zero-order valence-corrected chi connectivity index (χ0v) is 12.3. The Balaban J connectivity index is 2.32. The summed E-state index contributed by atoms with van der Waals surface area (Å²) in [5.41, 5.74) is 0. The van der Waals surface area contributed by atoms with Gasteiger partial charge in [-0.25, -0.2) is 0 Å². The molecule has 0 bridgehead atoms. The van der Waals surface area contributed by atoms with Gasteiger partial charge >= 0.3 is 0 Å². The first-order valence-corrected chi connectivity index (χ1v) is 7.19. The van der Waals surface area contributed by atoms with E-state index in [0.717, 1.165) is 32.2 Å². The number of nitrogens with zero attached hydrogens (tertiary/aromatic N) is 1. The number of amides is 2. The van der Waals surface area contributed by atoms with Gasteiger partial charge in [0.2, 0.25) is 5.91 Å². The van der Waals surface area contributed by atoms with Gasteiger partial charge in [-0.1, -0.05) is 13.3 Å². The molecule has 0 radical (unpaired) electrons. The second-order valence-corrected chi connectivity index (χ2v) is 5.12. The number of unbranched alkanes of at least 4 members (excludes halogenated alkanes) is 1. The van der Waals surface area contributed by atoms with E-state index in [4.69, 9.17) is 4.74 Å². The minimum absolute atomic E-state index is 0.0207. The maximum absolute atomic E-state index is 11.9. The Morgan fingerprint density at radius 3 is 2.53 bits per heavy atom. The largest absolute Gasteiger partial charge is 0.372 e. The molecule has 19 heavy (non-hydrogen) atoms. The van der Waals surface area contributed by atoms with Gasteiger partial charge in [-0.05, 0) is 26.2 Å². The van der Waals surface area contributed by atoms with Gasteiger partial charge in [0.15, 0.2) is 0 Å². The summed E-state index contributed by atoms with van der Waals surface area (Å²) in [5.74, 6) is 0.214. The molecule has 1 heterocycles. The third-order valence-electron chi connectivity index (χ3n) is 3.71. The average Bonchev–Trinajstić information content (AvgIpc) is 2.46. The lowest BCUT2D eigenvalue weighted by atomic mass is 9.95. The molecule has 2 amide bonds. The lowest BCUT2D eigenvalue weighted by Gasteiger charge is -2.32. The number of rotatable bonds is 6. The Labute approximate surface area is 115 Å². The Morgan fingerprint density at radius 1 is 1.37 bits per heavy atom. The smallest absolute Gasteiger partial charge is 0.251 e. The molecule has 0 spiro atoms. The normalized spacial score (nSPS) is 18.2. The third-order valence-corrected chi connectivity index (χ3v) is 3.71. The number of carbonyl (C=O) groups is 2. The molecule has 0 aromatic carbocycles. The molecule has 5 heteroatoms. The molecule has 1 rings (SSSR count). The average molecular weight is 270 g/mol. The highest BCUT2D eigenvalue weighted by atomic mass is 16.5. The number of hydrogen-bond donors (Lipinski definition) is 1. The van der Waals surface area contributed by atoms with Crippen molar-refractivity contribution in [2.24, 2.45) is 5.92 Å². The molecule has 110 valence electrons. The number of hydrogen-bond acceptors (Lipinski definition) is 3. The van der Waals surface area contributed by atoms with Crippen LogP contribution in [0.1, 0.15) is 39.5 Å². The Kier molecular flexibility index (Phi) is 6.84. The molecule has 1 fully saturated rings. The molecule has 1 aliphatic heterocycles. The summed E-state index contributed by atoms with van der Waals surface area (Å²) in [7, 11) is 1.54. The summed E-state index contributed by atoms with van der Waals surface area (Å²) in [6.07, 6.45) is 3.21. The number of nitrogens with one attached hydrogen (secondary N) is 1. The number of likely N-dealkylation sites (tertiary alicyclic amines) is 1. The molecule has 0 saturated carbocycles. The second kappa shape index (κ2) is 8.15. The van der Waals surface area contributed by atoms with Crippen LogP contribution in [-0.2, 0) is 14.3 Å². The van der Waals surface area contributed by atoms with Crippen molar-refractivity contribution in [2.75, 3.05) is 26.7 Å². The van der Waals surface area contributed by atoms with Crippen LogP contribution >= 0.6 is 0 Å². The fraction of sp³-hybridized carbons (Fsp3) is 0.857. The second-order valence-electron chi connectivity index (χ2n) is 5.12. The van der Waals surface area contributed by atoms with E-state index in [-0.39, 0.29) is 17.7 Å². The maximum atomic E-state index is 11.9. The van der Waals surface area contributed by atoms with Gasteiger partial charge in [-0.2, -0.15) is 0 Å². The van der Waals surface area contributed by atoms with Gasteiger partial charge in [0.25, 0.3) is 5.91 Å². The first-order chi connectivity index (χ1) is 9.10. The van der Waals surface area contributed by atoms with Crippen molar-refractivity contribution in [2.45, 2.75) is 45.6 Å². The molecule has 0 aromatic heterocycles. The summed E-state index contributed by atoms with van der Waals surface area (Å²) in [5, 5.41) is 2.96. The quantitative estimate of drug-likeness (QED) is 0.737. The first kappa shape index (κ1) is 16.0. The first-order valence-electron chi connectivity index (χ1n) is 7.19. The monoisotopic (exact) mass is 270 g/mol. The lowest BCUT2D eigenvalue weighted by molar-refractivity contribution is -0.143. The maximum Gasteiger partial charge on any atom is 0.251 e. The Hall–Kier alpha value is -1.10. The van der Waals surface area contributed by atoms with Gasteiger partial charge in [-0.3, -0.25) is 9.59 Å². The zero-order valence-electron chi connectivity index (χ0n) is 12.3. The van der Waals surface area contributed by atoms with E-state index < -0.39 is 6.10 Å². The minimum atomic E-state index is -0.394. The van der Waals surface area contributed by atoms with E-state index in [0.29, 0.717) is 13.1 Å². The molecular formula is C14H26N2O3. The van der Waals surface area contributed by atoms with Gasteiger partial charge in [-0.15, -0.1) is 0 Å². The molecule has 5 nitrogen and oxygen atoms in total. The van der Waals surface area contributed by atoms with E-state index in [2.05, 4.69) is 12.2 Å². The summed E-state index contributed by atoms with van der Waals surface area (Å²) < 4.78 is 5.03. The van der Waals surface area contributed by atoms with Crippen molar-refractivity contribution in [3.63, 3.8) is 0 Å². The molecule has 1 aliphatic rings. The highest BCUT2D eigenvalue weighted by Crippen LogP contribution is 2.18. The predicted octanol–water partition coefficient (Wildman–Crippen LogP) is 1.18. The zero-order chi connectivity index (χ0) is 14.3. The van der Waals surface area contributed by atoms with E-state index in [1.807, 2.05) is 0 Å². The summed E-state index contributed by atoms with van der Waals surface area (Å²) in [4.78, 5) is 25.6. The van der Waals surface area contributed by atoms with Crippen LogP contribution in [-0.4, -0.2) is 49.6 Å². The van der Waals surface area contributed by atoms with E-state index in [9.17, 15) is 9.59 Å². The Morgan fingerprint density at radius 2 is 2.00 bits per heavy atom. The molecular weight excluding hydrogens is 244 g/mol. The molecule has 1 atom stereocenters. The Bertz CT molecular complexity index is 299. The highest BCUT2D eigenvalue weighted by molar-refractivity contribution is 5.82. The van der Waals surface area contributed by atoms with Crippen LogP contribution < -0.4 is 5.32 Å². The van der Waals surface area contributed by atoms with Crippen LogP contribution in [0.2, 0.25) is 0 Å². The van der Waals surface area contributed by atoms with Gasteiger partial charge in [0.1, 0.15) is 6.10 Å². The van der Waals surface area contributed by atoms with Crippen molar-refractivity contribution in [1.29, 1.82) is 0 Å². The van der Waals surface area contributed by atoms with Crippen molar-refractivity contribution in [1.82, 2.24) is 10.2 Å². The van der Waals surface area contributed by atoms with Crippen LogP contribution in [0.5, 0.6) is 0 Å². The highest BCUT2D eigenvalue weighted by Gasteiger charge is 2.28. The summed E-state index contributed by atoms with van der Waals surface area (Å²) in [6.45, 7) is 5.92. The lowest BCUT2D eigenvalue weighted by Crippen LogP contribution is -2.46. The van der Waals surface area contributed by atoms with Gasteiger partial charge in [0.05, 0.1) is 0 Å². The number of carbonyl (C=O) groups excluding carboxylic acids is 2. The van der Waals surface area contributed by atoms with E-state index in [1.54, 1.807) is 11.8 Å². The standard InChI is InChI=1S/C14H26N2O3/c1-4-5-8-15-13(17)12-6-9-16(10-7-12)14(18)11(2)19-3/h11-12H,4-10H2,1-3H3,(H,15,17). The molecule has 1 N–H and O–H groups in total. The van der Waals surface area contributed by atoms with Crippen LogP contribution in [0.3, 0.4) is 0 Å². The fourth-order valence-corrected chi connectivity index (χ4v) is 2.25. The van der Waals surface area contributed by atoms with Gasteiger partial charge < -0.3 is 15.0 Å². The molecule has 0 aromatic rings. The summed E-state index contributed by atoms with van der Waals surface area (Å²) in [6, 6.07) is 0. The third kappa shape index (κ3) is 4.82. The van der Waals surface area contributed by atoms with Crippen LogP contribution in [0.25, 0.3) is 0 Å². The van der Waals surface area contributed by atoms with Gasteiger partial charge in [0, 0.05) is 32.7 Å². The number of piperidine rings is 1.